The summed E-state index contributed by atoms with van der Waals surface area (Å²) in [5, 5.41) is 22.4. The van der Waals surface area contributed by atoms with Crippen LogP contribution >= 0.6 is 0 Å². The van der Waals surface area contributed by atoms with E-state index in [4.69, 9.17) is 4.98 Å². The molecule has 0 spiro atoms. The Morgan fingerprint density at radius 2 is 2.00 bits per heavy atom. The van der Waals surface area contributed by atoms with Crippen LogP contribution in [0.3, 0.4) is 0 Å². The minimum absolute atomic E-state index is 0.0489. The molecule has 3 heterocycles. The maximum absolute atomic E-state index is 13.1. The third kappa shape index (κ3) is 3.70. The van der Waals surface area contributed by atoms with Gasteiger partial charge in [0.25, 0.3) is 5.56 Å². The number of nitrogens with zero attached hydrogens (tertiary/aromatic N) is 4. The third-order valence-corrected chi connectivity index (χ3v) is 5.58. The molecule has 8 nitrogen and oxygen atoms in total. The van der Waals surface area contributed by atoms with E-state index in [0.29, 0.717) is 17.2 Å². The highest BCUT2D eigenvalue weighted by Crippen LogP contribution is 2.28. The molecule has 1 aromatic carbocycles. The van der Waals surface area contributed by atoms with Crippen molar-refractivity contribution < 1.29 is 9.90 Å². The monoisotopic (exact) mass is 417 g/mol. The minimum atomic E-state index is -1.02. The molecule has 1 atom stereocenters. The van der Waals surface area contributed by atoms with Crippen molar-refractivity contribution in [1.29, 1.82) is 5.26 Å². The van der Waals surface area contributed by atoms with Crippen molar-refractivity contribution in [2.24, 2.45) is 0 Å². The number of fused-ring (bicyclic) bond motifs is 1. The van der Waals surface area contributed by atoms with Gasteiger partial charge in [0.2, 0.25) is 0 Å². The Labute approximate surface area is 179 Å². The van der Waals surface area contributed by atoms with Gasteiger partial charge in [-0.1, -0.05) is 12.1 Å². The topological polar surface area (TPSA) is 111 Å². The Morgan fingerprint density at radius 3 is 2.68 bits per heavy atom. The molecule has 1 aliphatic rings. The highest BCUT2D eigenvalue weighted by atomic mass is 16.4. The zero-order valence-electron chi connectivity index (χ0n) is 17.4. The van der Waals surface area contributed by atoms with Crippen molar-refractivity contribution in [2.45, 2.75) is 32.7 Å². The van der Waals surface area contributed by atoms with Crippen LogP contribution in [0.15, 0.2) is 41.3 Å². The first-order chi connectivity index (χ1) is 14.9. The second-order valence-electron chi connectivity index (χ2n) is 7.80. The number of anilines is 2. The average molecular weight is 417 g/mol. The molecular weight excluding hydrogens is 394 g/mol. The number of carboxylic acids is 1. The number of rotatable bonds is 5. The minimum Gasteiger partial charge on any atom is -0.478 e. The summed E-state index contributed by atoms with van der Waals surface area (Å²) in [5.74, 6) is -0.595. The second kappa shape index (κ2) is 8.11. The summed E-state index contributed by atoms with van der Waals surface area (Å²) in [4.78, 5) is 31.5. The van der Waals surface area contributed by atoms with Crippen molar-refractivity contribution in [1.82, 2.24) is 9.38 Å². The molecule has 2 N–H and O–H groups in total. The molecule has 1 fully saturated rings. The summed E-state index contributed by atoms with van der Waals surface area (Å²) >= 11 is 0. The van der Waals surface area contributed by atoms with Gasteiger partial charge in [0.15, 0.2) is 11.4 Å². The normalized spacial score (nSPS) is 14.4. The van der Waals surface area contributed by atoms with Crippen LogP contribution < -0.4 is 15.8 Å². The summed E-state index contributed by atoms with van der Waals surface area (Å²) < 4.78 is 1.42. The van der Waals surface area contributed by atoms with Crippen LogP contribution in [0.4, 0.5) is 11.5 Å². The molecule has 0 bridgehead atoms. The van der Waals surface area contributed by atoms with Crippen LogP contribution in [-0.2, 0) is 0 Å². The maximum Gasteiger partial charge on any atom is 0.337 e. The van der Waals surface area contributed by atoms with Gasteiger partial charge >= 0.3 is 5.97 Å². The summed E-state index contributed by atoms with van der Waals surface area (Å²) in [5.41, 5.74) is 2.36. The Bertz CT molecular complexity index is 1270. The fourth-order valence-corrected chi connectivity index (χ4v) is 4.08. The molecule has 0 unspecified atom stereocenters. The van der Waals surface area contributed by atoms with Gasteiger partial charge in [0, 0.05) is 30.5 Å². The first-order valence-corrected chi connectivity index (χ1v) is 10.2. The SMILES string of the molecule is Cc1cc([C@@H](C)Nc2ccccc2C(=O)O)c2nc(N3CCCC3)c(C#N)c(=O)n2c1. The Morgan fingerprint density at radius 1 is 1.29 bits per heavy atom. The predicted molar refractivity (Wildman–Crippen MR) is 118 cm³/mol. The number of hydrogen-bond acceptors (Lipinski definition) is 6. The molecule has 0 amide bonds. The van der Waals surface area contributed by atoms with E-state index in [1.807, 2.05) is 30.9 Å². The lowest BCUT2D eigenvalue weighted by molar-refractivity contribution is 0.0698. The van der Waals surface area contributed by atoms with Crippen LogP contribution in [0.25, 0.3) is 5.65 Å². The van der Waals surface area contributed by atoms with Gasteiger partial charge < -0.3 is 15.3 Å². The van der Waals surface area contributed by atoms with E-state index < -0.39 is 11.5 Å². The Kier molecular flexibility index (Phi) is 5.34. The van der Waals surface area contributed by atoms with Crippen LogP contribution in [-0.4, -0.2) is 33.6 Å². The number of aromatic nitrogens is 2. The molecule has 0 aliphatic carbocycles. The highest BCUT2D eigenvalue weighted by molar-refractivity contribution is 5.94. The molecule has 1 aliphatic heterocycles. The lowest BCUT2D eigenvalue weighted by Crippen LogP contribution is -2.28. The fraction of sp³-hybridized carbons (Fsp3) is 0.304. The van der Waals surface area contributed by atoms with E-state index in [0.717, 1.165) is 37.1 Å². The molecule has 0 saturated carbocycles. The number of aryl methyl sites for hydroxylation is 1. The number of carboxylic acid groups (broad SMARTS) is 1. The molecular formula is C23H23N5O3. The Balaban J connectivity index is 1.87. The quantitative estimate of drug-likeness (QED) is 0.655. The van der Waals surface area contributed by atoms with E-state index in [-0.39, 0.29) is 17.2 Å². The van der Waals surface area contributed by atoms with Gasteiger partial charge in [-0.15, -0.1) is 0 Å². The van der Waals surface area contributed by atoms with Gasteiger partial charge in [-0.05, 0) is 50.5 Å². The van der Waals surface area contributed by atoms with Crippen molar-refractivity contribution in [3.8, 4) is 6.07 Å². The smallest absolute Gasteiger partial charge is 0.337 e. The van der Waals surface area contributed by atoms with E-state index in [9.17, 15) is 20.0 Å². The summed E-state index contributed by atoms with van der Waals surface area (Å²) in [6, 6.07) is 10.3. The number of hydrogen-bond donors (Lipinski definition) is 2. The molecule has 0 radical (unpaired) electrons. The number of nitriles is 1. The van der Waals surface area contributed by atoms with Crippen molar-refractivity contribution >= 4 is 23.1 Å². The molecule has 8 heteroatoms. The van der Waals surface area contributed by atoms with Crippen LogP contribution in [0.2, 0.25) is 0 Å². The molecule has 158 valence electrons. The number of para-hydroxylation sites is 1. The molecule has 31 heavy (non-hydrogen) atoms. The number of aromatic carboxylic acids is 1. The largest absolute Gasteiger partial charge is 0.478 e. The third-order valence-electron chi connectivity index (χ3n) is 5.58. The number of benzene rings is 1. The first-order valence-electron chi connectivity index (χ1n) is 10.2. The van der Waals surface area contributed by atoms with Crippen LogP contribution in [0, 0.1) is 18.3 Å². The lowest BCUT2D eigenvalue weighted by Gasteiger charge is -2.22. The second-order valence-corrected chi connectivity index (χ2v) is 7.80. The number of pyridine rings is 1. The lowest BCUT2D eigenvalue weighted by atomic mass is 10.1. The van der Waals surface area contributed by atoms with Crippen molar-refractivity contribution in [2.75, 3.05) is 23.3 Å². The molecule has 3 aromatic rings. The summed E-state index contributed by atoms with van der Waals surface area (Å²) in [6.45, 7) is 5.29. The van der Waals surface area contributed by atoms with Crippen LogP contribution in [0.1, 0.15) is 52.9 Å². The zero-order valence-corrected chi connectivity index (χ0v) is 17.4. The van der Waals surface area contributed by atoms with Gasteiger partial charge in [-0.3, -0.25) is 9.20 Å². The fourth-order valence-electron chi connectivity index (χ4n) is 4.08. The Hall–Kier alpha value is -3.86. The van der Waals surface area contributed by atoms with E-state index >= 15 is 0 Å². The number of carbonyl (C=O) groups is 1. The van der Waals surface area contributed by atoms with E-state index in [2.05, 4.69) is 5.32 Å². The molecule has 4 rings (SSSR count). The van der Waals surface area contributed by atoms with E-state index in [1.165, 1.54) is 4.40 Å². The average Bonchev–Trinajstić information content (AvgIpc) is 3.28. The zero-order chi connectivity index (χ0) is 22.1. The van der Waals surface area contributed by atoms with Gasteiger partial charge in [-0.25, -0.2) is 9.78 Å². The summed E-state index contributed by atoms with van der Waals surface area (Å²) in [6.07, 6.45) is 3.67. The van der Waals surface area contributed by atoms with Crippen molar-refractivity contribution in [3.05, 3.63) is 69.1 Å². The number of nitrogens with one attached hydrogen (secondary N) is 1. The molecule has 1 saturated heterocycles. The standard InChI is InChI=1S/C23H23N5O3/c1-14-11-17(15(2)25-19-8-4-3-7-16(19)23(30)31)21-26-20(27-9-5-6-10-27)18(12-24)22(29)28(21)13-14/h3-4,7-8,11,13,15,25H,5-6,9-10H2,1-2H3,(H,30,31)/t15-/m1/s1. The predicted octanol–water partition coefficient (Wildman–Crippen LogP) is 3.35. The maximum atomic E-state index is 13.1. The van der Waals surface area contributed by atoms with Gasteiger partial charge in [-0.2, -0.15) is 5.26 Å². The van der Waals surface area contributed by atoms with Gasteiger partial charge in [0.05, 0.1) is 11.6 Å². The molecule has 2 aromatic heterocycles. The highest BCUT2D eigenvalue weighted by Gasteiger charge is 2.24. The van der Waals surface area contributed by atoms with Crippen LogP contribution in [0.5, 0.6) is 0 Å². The first kappa shape index (κ1) is 20.4. The van der Waals surface area contributed by atoms with Crippen molar-refractivity contribution in [3.63, 3.8) is 0 Å². The van der Waals surface area contributed by atoms with E-state index in [1.54, 1.807) is 30.5 Å². The summed E-state index contributed by atoms with van der Waals surface area (Å²) in [7, 11) is 0. The van der Waals surface area contributed by atoms with Gasteiger partial charge in [0.1, 0.15) is 11.7 Å².